The molecule has 21 heavy (non-hydrogen) atoms. The zero-order valence-corrected chi connectivity index (χ0v) is 12.7. The van der Waals surface area contributed by atoms with E-state index in [9.17, 15) is 8.42 Å². The van der Waals surface area contributed by atoms with Gasteiger partial charge in [0.15, 0.2) is 11.0 Å². The fourth-order valence-electron chi connectivity index (χ4n) is 2.50. The molecule has 1 aliphatic heterocycles. The van der Waals surface area contributed by atoms with Crippen LogP contribution in [0.3, 0.4) is 0 Å². The van der Waals surface area contributed by atoms with Crippen molar-refractivity contribution in [2.24, 2.45) is 5.73 Å². The summed E-state index contributed by atoms with van der Waals surface area (Å²) in [5, 5.41) is 7.64. The Hall–Kier alpha value is -1.71. The Morgan fingerprint density at radius 1 is 1.33 bits per heavy atom. The number of hydrogen-bond donors (Lipinski definition) is 1. The number of benzene rings is 1. The van der Waals surface area contributed by atoms with E-state index >= 15 is 0 Å². The predicted molar refractivity (Wildman–Crippen MR) is 77.5 cm³/mol. The number of aromatic nitrogens is 2. The number of nitrogens with zero attached hydrogens (tertiary/aromatic N) is 4. The molecule has 1 aromatic heterocycles. The Bertz CT molecular complexity index is 770. The summed E-state index contributed by atoms with van der Waals surface area (Å²) in [5.74, 6) is 0. The predicted octanol–water partition coefficient (Wildman–Crippen LogP) is 0.0105. The third kappa shape index (κ3) is 2.27. The lowest BCUT2D eigenvalue weighted by atomic mass is 10.2. The van der Waals surface area contributed by atoms with Gasteiger partial charge in [-0.15, -0.1) is 0 Å². The molecular formula is C12H17N5O3S. The summed E-state index contributed by atoms with van der Waals surface area (Å²) in [6, 6.07) is 3.40. The lowest BCUT2D eigenvalue weighted by molar-refractivity contribution is 0.315. The molecule has 0 bridgehead atoms. The van der Waals surface area contributed by atoms with Crippen molar-refractivity contribution in [2.75, 3.05) is 32.1 Å². The van der Waals surface area contributed by atoms with Gasteiger partial charge < -0.3 is 10.6 Å². The molecule has 9 heteroatoms. The summed E-state index contributed by atoms with van der Waals surface area (Å²) in [5.41, 5.74) is 7.42. The quantitative estimate of drug-likeness (QED) is 0.851. The summed E-state index contributed by atoms with van der Waals surface area (Å²) in [6.07, 6.45) is 0.893. The molecule has 114 valence electrons. The molecule has 8 nitrogen and oxygen atoms in total. The minimum atomic E-state index is -3.60. The van der Waals surface area contributed by atoms with Crippen LogP contribution in [0, 0.1) is 0 Å². The zero-order valence-electron chi connectivity index (χ0n) is 11.9. The SMILES string of the molecule is CN(C)S(=O)(=O)c1ccc(N2CCC(N)C2)c2nonc12. The molecule has 0 saturated carbocycles. The van der Waals surface area contributed by atoms with Gasteiger partial charge in [-0.2, -0.15) is 0 Å². The minimum absolute atomic E-state index is 0.0935. The Morgan fingerprint density at radius 3 is 2.67 bits per heavy atom. The van der Waals surface area contributed by atoms with Crippen LogP contribution >= 0.6 is 0 Å². The molecule has 2 N–H and O–H groups in total. The second-order valence-electron chi connectivity index (χ2n) is 5.33. The maximum atomic E-state index is 12.3. The first-order valence-corrected chi connectivity index (χ1v) is 8.03. The van der Waals surface area contributed by atoms with E-state index in [1.807, 2.05) is 0 Å². The first-order chi connectivity index (χ1) is 9.91. The minimum Gasteiger partial charge on any atom is -0.368 e. The summed E-state index contributed by atoms with van der Waals surface area (Å²) >= 11 is 0. The van der Waals surface area contributed by atoms with Gasteiger partial charge in [0.2, 0.25) is 10.0 Å². The third-order valence-corrected chi connectivity index (χ3v) is 5.53. The largest absolute Gasteiger partial charge is 0.368 e. The molecule has 2 heterocycles. The van der Waals surface area contributed by atoms with Gasteiger partial charge in [0.05, 0.1) is 5.69 Å². The van der Waals surface area contributed by atoms with Gasteiger partial charge in [0, 0.05) is 33.2 Å². The lowest BCUT2D eigenvalue weighted by Gasteiger charge is -2.19. The smallest absolute Gasteiger partial charge is 0.244 e. The molecule has 3 rings (SSSR count). The monoisotopic (exact) mass is 311 g/mol. The summed E-state index contributed by atoms with van der Waals surface area (Å²) in [6.45, 7) is 1.52. The van der Waals surface area contributed by atoms with E-state index in [0.717, 1.165) is 23.0 Å². The maximum Gasteiger partial charge on any atom is 0.244 e. The molecule has 1 aromatic carbocycles. The number of sulfonamides is 1. The average molecular weight is 311 g/mol. The van der Waals surface area contributed by atoms with Crippen molar-refractivity contribution in [3.63, 3.8) is 0 Å². The van der Waals surface area contributed by atoms with Crippen molar-refractivity contribution in [1.82, 2.24) is 14.6 Å². The van der Waals surface area contributed by atoms with Crippen molar-refractivity contribution in [2.45, 2.75) is 17.4 Å². The number of nitrogens with two attached hydrogens (primary N) is 1. The van der Waals surface area contributed by atoms with Gasteiger partial charge >= 0.3 is 0 Å². The van der Waals surface area contributed by atoms with Crippen molar-refractivity contribution in [3.05, 3.63) is 12.1 Å². The first kappa shape index (κ1) is 14.2. The van der Waals surface area contributed by atoms with Crippen molar-refractivity contribution >= 4 is 26.7 Å². The van der Waals surface area contributed by atoms with Crippen LogP contribution in [0.4, 0.5) is 5.69 Å². The van der Waals surface area contributed by atoms with Gasteiger partial charge in [-0.05, 0) is 28.9 Å². The van der Waals surface area contributed by atoms with Crippen LogP contribution in [0.25, 0.3) is 11.0 Å². The van der Waals surface area contributed by atoms with Gasteiger partial charge in [0.25, 0.3) is 0 Å². The van der Waals surface area contributed by atoms with E-state index in [1.54, 1.807) is 12.1 Å². The molecule has 0 aliphatic carbocycles. The van der Waals surface area contributed by atoms with Crippen LogP contribution < -0.4 is 10.6 Å². The Morgan fingerprint density at radius 2 is 2.05 bits per heavy atom. The maximum absolute atomic E-state index is 12.3. The molecule has 2 aromatic rings. The van der Waals surface area contributed by atoms with Gasteiger partial charge in [-0.3, -0.25) is 0 Å². The van der Waals surface area contributed by atoms with Crippen molar-refractivity contribution in [3.8, 4) is 0 Å². The third-order valence-electron chi connectivity index (χ3n) is 3.68. The highest BCUT2D eigenvalue weighted by molar-refractivity contribution is 7.89. The van der Waals surface area contributed by atoms with Crippen LogP contribution in [0.5, 0.6) is 0 Å². The molecule has 1 fully saturated rings. The topological polar surface area (TPSA) is 106 Å². The normalized spacial score (nSPS) is 19.8. The Balaban J connectivity index is 2.14. The number of anilines is 1. The second-order valence-corrected chi connectivity index (χ2v) is 7.45. The van der Waals surface area contributed by atoms with E-state index in [-0.39, 0.29) is 16.5 Å². The zero-order chi connectivity index (χ0) is 15.2. The molecule has 1 atom stereocenters. The van der Waals surface area contributed by atoms with Crippen LogP contribution in [-0.2, 0) is 10.0 Å². The summed E-state index contributed by atoms with van der Waals surface area (Å²) in [4.78, 5) is 2.17. The van der Waals surface area contributed by atoms with Gasteiger partial charge in [-0.1, -0.05) is 0 Å². The van der Waals surface area contributed by atoms with E-state index in [1.165, 1.54) is 14.1 Å². The molecule has 1 saturated heterocycles. The van der Waals surface area contributed by atoms with Crippen LogP contribution in [0.2, 0.25) is 0 Å². The highest BCUT2D eigenvalue weighted by atomic mass is 32.2. The lowest BCUT2D eigenvalue weighted by Crippen LogP contribution is -2.27. The number of fused-ring (bicyclic) bond motifs is 1. The highest BCUT2D eigenvalue weighted by Gasteiger charge is 2.27. The van der Waals surface area contributed by atoms with E-state index in [0.29, 0.717) is 12.1 Å². The van der Waals surface area contributed by atoms with E-state index in [4.69, 9.17) is 10.4 Å². The van der Waals surface area contributed by atoms with Gasteiger partial charge in [-0.25, -0.2) is 17.4 Å². The van der Waals surface area contributed by atoms with Crippen molar-refractivity contribution in [1.29, 1.82) is 0 Å². The van der Waals surface area contributed by atoms with Gasteiger partial charge in [0.1, 0.15) is 4.90 Å². The second kappa shape index (κ2) is 4.93. The average Bonchev–Trinajstić information content (AvgIpc) is 3.05. The molecule has 1 unspecified atom stereocenters. The summed E-state index contributed by atoms with van der Waals surface area (Å²) < 4.78 is 30.5. The molecule has 1 aliphatic rings. The van der Waals surface area contributed by atoms with Crippen LogP contribution in [0.1, 0.15) is 6.42 Å². The Labute approximate surface area is 122 Å². The fraction of sp³-hybridized carbons (Fsp3) is 0.500. The van der Waals surface area contributed by atoms with E-state index < -0.39 is 10.0 Å². The number of hydrogen-bond acceptors (Lipinski definition) is 7. The fourth-order valence-corrected chi connectivity index (χ4v) is 3.51. The molecular weight excluding hydrogens is 294 g/mol. The van der Waals surface area contributed by atoms with Crippen LogP contribution in [-0.4, -0.2) is 56.3 Å². The van der Waals surface area contributed by atoms with Crippen molar-refractivity contribution < 1.29 is 13.0 Å². The van der Waals surface area contributed by atoms with Crippen LogP contribution in [0.15, 0.2) is 21.7 Å². The molecule has 0 spiro atoms. The number of rotatable bonds is 3. The molecule has 0 radical (unpaired) electrons. The Kier molecular flexibility index (Phi) is 3.34. The standard InChI is InChI=1S/C12H17N5O3S/c1-16(2)21(18,19)10-4-3-9(11-12(10)15-20-14-11)17-6-5-8(13)7-17/h3-4,8H,5-7,13H2,1-2H3. The molecule has 0 amide bonds. The summed E-state index contributed by atoms with van der Waals surface area (Å²) in [7, 11) is -0.648. The highest BCUT2D eigenvalue weighted by Crippen LogP contribution is 2.31. The van der Waals surface area contributed by atoms with E-state index in [2.05, 4.69) is 15.2 Å². The first-order valence-electron chi connectivity index (χ1n) is 6.59.